The van der Waals surface area contributed by atoms with Crippen molar-refractivity contribution < 1.29 is 10.1 Å². The highest BCUT2D eigenvalue weighted by Gasteiger charge is 2.68. The fourth-order valence-corrected chi connectivity index (χ4v) is 5.97. The van der Waals surface area contributed by atoms with Gasteiger partial charge in [-0.25, -0.2) is 0 Å². The van der Waals surface area contributed by atoms with Gasteiger partial charge >= 0.3 is 0 Å². The topological polar surface area (TPSA) is 36.9 Å². The van der Waals surface area contributed by atoms with E-state index in [1.54, 1.807) is 0 Å². The number of nitrogens with zero attached hydrogens (tertiary/aromatic N) is 1. The van der Waals surface area contributed by atoms with Crippen LogP contribution in [0.15, 0.2) is 54.6 Å². The van der Waals surface area contributed by atoms with Crippen molar-refractivity contribution in [3.63, 3.8) is 0 Å². The molecule has 26 heavy (non-hydrogen) atoms. The predicted molar refractivity (Wildman–Crippen MR) is 103 cm³/mol. The molecule has 2 fully saturated rings. The molecular formula is C23H27N2O+. The molecule has 1 atom stereocenters. The number of amides is 1. The molecule has 0 unspecified atom stereocenters. The van der Waals surface area contributed by atoms with Crippen LogP contribution in [-0.2, 0) is 16.8 Å². The lowest BCUT2D eigenvalue weighted by atomic mass is 9.61. The monoisotopic (exact) mass is 347 g/mol. The highest BCUT2D eigenvalue weighted by atomic mass is 16.2. The van der Waals surface area contributed by atoms with Crippen LogP contribution in [0.4, 0.5) is 5.69 Å². The molecule has 2 spiro atoms. The van der Waals surface area contributed by atoms with Crippen LogP contribution >= 0.6 is 0 Å². The Morgan fingerprint density at radius 2 is 1.62 bits per heavy atom. The lowest BCUT2D eigenvalue weighted by Gasteiger charge is -2.41. The zero-order valence-electron chi connectivity index (χ0n) is 15.3. The van der Waals surface area contributed by atoms with Gasteiger partial charge in [-0.3, -0.25) is 4.79 Å². The summed E-state index contributed by atoms with van der Waals surface area (Å²) in [5.74, 6) is 0.346. The van der Waals surface area contributed by atoms with E-state index < -0.39 is 0 Å². The molecule has 2 aromatic rings. The molecule has 0 radical (unpaired) electrons. The molecule has 1 saturated heterocycles. The summed E-state index contributed by atoms with van der Waals surface area (Å²) in [5.41, 5.74) is 3.38. The van der Waals surface area contributed by atoms with E-state index in [1.165, 1.54) is 43.2 Å². The maximum atomic E-state index is 14.0. The van der Waals surface area contributed by atoms with Crippen molar-refractivity contribution in [2.24, 2.45) is 0 Å². The van der Waals surface area contributed by atoms with E-state index in [1.807, 2.05) is 6.07 Å². The molecule has 1 saturated carbocycles. The fraction of sp³-hybridized carbons (Fsp3) is 0.435. The maximum absolute atomic E-state index is 14.0. The van der Waals surface area contributed by atoms with Crippen LogP contribution in [0.2, 0.25) is 0 Å². The predicted octanol–water partition coefficient (Wildman–Crippen LogP) is 3.14. The molecular weight excluding hydrogens is 320 g/mol. The number of hydrogen-bond acceptors (Lipinski definition) is 1. The van der Waals surface area contributed by atoms with Crippen molar-refractivity contribution >= 4 is 11.6 Å². The summed E-state index contributed by atoms with van der Waals surface area (Å²) >= 11 is 0. The van der Waals surface area contributed by atoms with Crippen LogP contribution in [0.25, 0.3) is 0 Å². The average Bonchev–Trinajstić information content (AvgIpc) is 3.16. The molecule has 0 aromatic heterocycles. The van der Waals surface area contributed by atoms with Crippen molar-refractivity contribution in [1.82, 2.24) is 0 Å². The molecule has 0 bridgehead atoms. The Balaban J connectivity index is 1.62. The molecule has 1 aliphatic carbocycles. The van der Waals surface area contributed by atoms with Gasteiger partial charge in [0.05, 0.1) is 13.1 Å². The summed E-state index contributed by atoms with van der Waals surface area (Å²) < 4.78 is 0. The number of benzene rings is 2. The van der Waals surface area contributed by atoms with E-state index in [4.69, 9.17) is 0 Å². The SMILES string of the molecule is O=C1N(Cc2ccccc2)c2ccccc2[C@]12CC[NH2+]C21CCCCC1. The molecule has 5 rings (SSSR count). The second-order valence-electron chi connectivity index (χ2n) is 8.26. The number of quaternary nitrogens is 1. The van der Waals surface area contributed by atoms with Gasteiger partial charge in [0.15, 0.2) is 0 Å². The third-order valence-corrected chi connectivity index (χ3v) is 7.10. The van der Waals surface area contributed by atoms with Gasteiger partial charge in [-0.05, 0) is 30.0 Å². The normalized spacial score (nSPS) is 26.6. The third-order valence-electron chi connectivity index (χ3n) is 7.10. The summed E-state index contributed by atoms with van der Waals surface area (Å²) in [5, 5.41) is 2.52. The molecule has 3 aliphatic rings. The van der Waals surface area contributed by atoms with Gasteiger partial charge < -0.3 is 10.2 Å². The first kappa shape index (κ1) is 16.1. The minimum Gasteiger partial charge on any atom is -0.340 e. The molecule has 134 valence electrons. The number of carbonyl (C=O) groups is 1. The number of rotatable bonds is 2. The standard InChI is InChI=1S/C23H26N2O/c26-21-23(15-16-24-22(23)13-7-2-8-14-22)19-11-5-6-12-20(19)25(21)17-18-9-3-1-4-10-18/h1,3-6,9-12,24H,2,7-8,13-17H2/p+1/t23-/m1/s1. The Hall–Kier alpha value is -2.13. The molecule has 2 aromatic carbocycles. The summed E-state index contributed by atoms with van der Waals surface area (Å²) in [6.07, 6.45) is 7.15. The zero-order chi connectivity index (χ0) is 17.6. The van der Waals surface area contributed by atoms with E-state index in [-0.39, 0.29) is 11.0 Å². The van der Waals surface area contributed by atoms with Crippen LogP contribution in [-0.4, -0.2) is 18.0 Å². The van der Waals surface area contributed by atoms with Gasteiger partial charge in [0.25, 0.3) is 0 Å². The minimum atomic E-state index is -0.321. The Bertz CT molecular complexity index is 825. The molecule has 1 amide bonds. The van der Waals surface area contributed by atoms with Gasteiger partial charge in [-0.1, -0.05) is 55.0 Å². The molecule has 2 heterocycles. The first-order valence-electron chi connectivity index (χ1n) is 10.1. The first-order chi connectivity index (χ1) is 12.8. The van der Waals surface area contributed by atoms with Gasteiger partial charge in [-0.15, -0.1) is 0 Å². The number of para-hydroxylation sites is 1. The van der Waals surface area contributed by atoms with Crippen LogP contribution in [0.3, 0.4) is 0 Å². The van der Waals surface area contributed by atoms with E-state index >= 15 is 0 Å². The fourth-order valence-electron chi connectivity index (χ4n) is 5.97. The lowest BCUT2D eigenvalue weighted by molar-refractivity contribution is -0.714. The summed E-state index contributed by atoms with van der Waals surface area (Å²) in [4.78, 5) is 16.0. The molecule has 3 nitrogen and oxygen atoms in total. The average molecular weight is 347 g/mol. The minimum absolute atomic E-state index is 0.0733. The Kier molecular flexibility index (Phi) is 3.68. The highest BCUT2D eigenvalue weighted by Crippen LogP contribution is 2.54. The number of nitrogens with two attached hydrogens (primary N) is 1. The van der Waals surface area contributed by atoms with E-state index in [9.17, 15) is 4.79 Å². The van der Waals surface area contributed by atoms with Crippen LogP contribution in [0.1, 0.15) is 49.7 Å². The van der Waals surface area contributed by atoms with Gasteiger partial charge in [-0.2, -0.15) is 0 Å². The number of anilines is 1. The van der Waals surface area contributed by atoms with Gasteiger partial charge in [0.2, 0.25) is 5.91 Å². The first-order valence-corrected chi connectivity index (χ1v) is 10.1. The van der Waals surface area contributed by atoms with Crippen molar-refractivity contribution in [2.45, 2.75) is 56.0 Å². The zero-order valence-corrected chi connectivity index (χ0v) is 15.3. The maximum Gasteiger partial charge on any atom is 0.244 e. The van der Waals surface area contributed by atoms with Crippen molar-refractivity contribution in [3.05, 3.63) is 65.7 Å². The van der Waals surface area contributed by atoms with Crippen LogP contribution < -0.4 is 10.2 Å². The number of carbonyl (C=O) groups excluding carboxylic acids is 1. The third kappa shape index (κ3) is 2.07. The molecule has 2 N–H and O–H groups in total. The van der Waals surface area contributed by atoms with Crippen LogP contribution in [0, 0.1) is 0 Å². The number of hydrogen-bond donors (Lipinski definition) is 1. The van der Waals surface area contributed by atoms with Gasteiger partial charge in [0, 0.05) is 24.9 Å². The largest absolute Gasteiger partial charge is 0.340 e. The Morgan fingerprint density at radius 1 is 0.885 bits per heavy atom. The molecule has 2 aliphatic heterocycles. The van der Waals surface area contributed by atoms with E-state index in [2.05, 4.69) is 58.7 Å². The number of fused-ring (bicyclic) bond motifs is 3. The van der Waals surface area contributed by atoms with E-state index in [0.29, 0.717) is 12.5 Å². The lowest BCUT2D eigenvalue weighted by Crippen LogP contribution is -2.97. The second-order valence-corrected chi connectivity index (χ2v) is 8.26. The van der Waals surface area contributed by atoms with Gasteiger partial charge in [0.1, 0.15) is 11.0 Å². The van der Waals surface area contributed by atoms with E-state index in [0.717, 1.165) is 18.7 Å². The van der Waals surface area contributed by atoms with Crippen LogP contribution in [0.5, 0.6) is 0 Å². The summed E-state index contributed by atoms with van der Waals surface area (Å²) in [7, 11) is 0. The second kappa shape index (κ2) is 5.95. The van der Waals surface area contributed by atoms with Crippen molar-refractivity contribution in [2.75, 3.05) is 11.4 Å². The smallest absolute Gasteiger partial charge is 0.244 e. The summed E-state index contributed by atoms with van der Waals surface area (Å²) in [6, 6.07) is 19.0. The highest BCUT2D eigenvalue weighted by molar-refractivity contribution is 6.09. The van der Waals surface area contributed by atoms with Crippen molar-refractivity contribution in [1.29, 1.82) is 0 Å². The quantitative estimate of drug-likeness (QED) is 0.890. The molecule has 3 heteroatoms. The Labute approximate surface area is 155 Å². The Morgan fingerprint density at radius 3 is 2.42 bits per heavy atom. The summed E-state index contributed by atoms with van der Waals surface area (Å²) in [6.45, 7) is 1.74. The van der Waals surface area contributed by atoms with Crippen molar-refractivity contribution in [3.8, 4) is 0 Å².